The van der Waals surface area contributed by atoms with Crippen molar-refractivity contribution < 1.29 is 0 Å². The molecule has 5 heteroatoms. The fourth-order valence-corrected chi connectivity index (χ4v) is 3.59. The van der Waals surface area contributed by atoms with Crippen LogP contribution in [0.1, 0.15) is 16.7 Å². The average Bonchev–Trinajstić information content (AvgIpc) is 2.75. The lowest BCUT2D eigenvalue weighted by Crippen LogP contribution is -2.46. The van der Waals surface area contributed by atoms with Crippen LogP contribution >= 0.6 is 0 Å². The van der Waals surface area contributed by atoms with E-state index in [1.165, 1.54) is 16.7 Å². The summed E-state index contributed by atoms with van der Waals surface area (Å²) < 4.78 is 0. The molecule has 4 rings (SSSR count). The van der Waals surface area contributed by atoms with Gasteiger partial charge in [-0.1, -0.05) is 54.6 Å². The summed E-state index contributed by atoms with van der Waals surface area (Å²) in [5.41, 5.74) is 3.96. The highest BCUT2D eigenvalue weighted by molar-refractivity contribution is 5.49. The fourth-order valence-electron chi connectivity index (χ4n) is 3.59. The summed E-state index contributed by atoms with van der Waals surface area (Å²) in [6.07, 6.45) is 1.66. The van der Waals surface area contributed by atoms with Crippen LogP contribution in [0.3, 0.4) is 0 Å². The number of hydrogen-bond acceptors (Lipinski definition) is 5. The van der Waals surface area contributed by atoms with E-state index >= 15 is 0 Å². The van der Waals surface area contributed by atoms with E-state index < -0.39 is 0 Å². The Kier molecular flexibility index (Phi) is 5.83. The number of nitrogens with one attached hydrogen (secondary N) is 1. The minimum atomic E-state index is 0.772. The van der Waals surface area contributed by atoms with Gasteiger partial charge in [-0.25, -0.2) is 9.97 Å². The van der Waals surface area contributed by atoms with E-state index in [1.54, 1.807) is 6.33 Å². The van der Waals surface area contributed by atoms with Crippen LogP contribution in [0.5, 0.6) is 0 Å². The van der Waals surface area contributed by atoms with Crippen LogP contribution in [0.2, 0.25) is 0 Å². The highest BCUT2D eigenvalue weighted by Gasteiger charge is 2.18. The Labute approximate surface area is 167 Å². The Balaban J connectivity index is 1.33. The first-order chi connectivity index (χ1) is 13.8. The van der Waals surface area contributed by atoms with Gasteiger partial charge in [-0.3, -0.25) is 4.90 Å². The molecule has 0 saturated carbocycles. The molecule has 0 bridgehead atoms. The van der Waals surface area contributed by atoms with Crippen molar-refractivity contribution in [1.29, 1.82) is 0 Å². The zero-order valence-electron chi connectivity index (χ0n) is 16.4. The topological polar surface area (TPSA) is 44.3 Å². The van der Waals surface area contributed by atoms with Crippen molar-refractivity contribution in [3.63, 3.8) is 0 Å². The predicted molar refractivity (Wildman–Crippen MR) is 114 cm³/mol. The number of benzene rings is 2. The number of hydrogen-bond donors (Lipinski definition) is 1. The monoisotopic (exact) mass is 373 g/mol. The molecular weight excluding hydrogens is 346 g/mol. The van der Waals surface area contributed by atoms with Gasteiger partial charge in [0.1, 0.15) is 18.0 Å². The Hall–Kier alpha value is -2.92. The second kappa shape index (κ2) is 8.85. The molecule has 2 heterocycles. The first-order valence-electron chi connectivity index (χ1n) is 9.89. The molecule has 0 amide bonds. The smallest absolute Gasteiger partial charge is 0.134 e. The van der Waals surface area contributed by atoms with Gasteiger partial charge in [-0.2, -0.15) is 0 Å². The van der Waals surface area contributed by atoms with Crippen LogP contribution in [0.15, 0.2) is 67.0 Å². The average molecular weight is 374 g/mol. The van der Waals surface area contributed by atoms with Crippen LogP contribution in [0.4, 0.5) is 11.6 Å². The summed E-state index contributed by atoms with van der Waals surface area (Å²) in [6.45, 7) is 7.99. The lowest BCUT2D eigenvalue weighted by molar-refractivity contribution is 0.249. The Morgan fingerprint density at radius 3 is 2.43 bits per heavy atom. The first kappa shape index (κ1) is 18.4. The molecule has 3 aromatic rings. The number of aryl methyl sites for hydroxylation is 1. The molecule has 1 aliphatic heterocycles. The van der Waals surface area contributed by atoms with Crippen molar-refractivity contribution in [2.75, 3.05) is 36.4 Å². The Morgan fingerprint density at radius 1 is 0.893 bits per heavy atom. The van der Waals surface area contributed by atoms with E-state index in [-0.39, 0.29) is 0 Å². The van der Waals surface area contributed by atoms with E-state index in [4.69, 9.17) is 0 Å². The van der Waals surface area contributed by atoms with Gasteiger partial charge < -0.3 is 10.2 Å². The molecule has 1 saturated heterocycles. The van der Waals surface area contributed by atoms with Gasteiger partial charge in [0, 0.05) is 45.3 Å². The number of nitrogens with zero attached hydrogens (tertiary/aromatic N) is 4. The van der Waals surface area contributed by atoms with Gasteiger partial charge in [0.15, 0.2) is 0 Å². The summed E-state index contributed by atoms with van der Waals surface area (Å²) in [5, 5.41) is 3.43. The normalized spacial score (nSPS) is 14.8. The highest BCUT2D eigenvalue weighted by Crippen LogP contribution is 2.18. The summed E-state index contributed by atoms with van der Waals surface area (Å²) in [7, 11) is 0. The quantitative estimate of drug-likeness (QED) is 0.713. The van der Waals surface area contributed by atoms with E-state index in [0.717, 1.165) is 50.9 Å². The number of piperazine rings is 1. The Morgan fingerprint density at radius 2 is 1.64 bits per heavy atom. The van der Waals surface area contributed by atoms with Crippen molar-refractivity contribution in [1.82, 2.24) is 14.9 Å². The van der Waals surface area contributed by atoms with Gasteiger partial charge in [0.05, 0.1) is 0 Å². The molecule has 144 valence electrons. The number of anilines is 2. The molecule has 5 nitrogen and oxygen atoms in total. The minimum absolute atomic E-state index is 0.772. The maximum atomic E-state index is 4.50. The summed E-state index contributed by atoms with van der Waals surface area (Å²) in [6, 6.07) is 21.2. The van der Waals surface area contributed by atoms with Gasteiger partial charge in [-0.05, 0) is 23.6 Å². The van der Waals surface area contributed by atoms with E-state index in [9.17, 15) is 0 Å². The fraction of sp³-hybridized carbons (Fsp3) is 0.304. The molecule has 0 aliphatic carbocycles. The van der Waals surface area contributed by atoms with Crippen LogP contribution in [-0.4, -0.2) is 41.0 Å². The third kappa shape index (κ3) is 4.67. The van der Waals surface area contributed by atoms with E-state index in [1.807, 2.05) is 0 Å². The molecule has 0 unspecified atom stereocenters. The van der Waals surface area contributed by atoms with Crippen LogP contribution in [0.25, 0.3) is 0 Å². The number of aromatic nitrogens is 2. The van der Waals surface area contributed by atoms with Crippen molar-refractivity contribution in [3.05, 3.63) is 83.7 Å². The van der Waals surface area contributed by atoms with Crippen molar-refractivity contribution in [2.45, 2.75) is 20.0 Å². The maximum Gasteiger partial charge on any atom is 0.134 e. The van der Waals surface area contributed by atoms with Crippen molar-refractivity contribution in [2.24, 2.45) is 0 Å². The zero-order valence-corrected chi connectivity index (χ0v) is 16.4. The minimum Gasteiger partial charge on any atom is -0.366 e. The lowest BCUT2D eigenvalue weighted by atomic mass is 10.1. The second-order valence-electron chi connectivity index (χ2n) is 7.29. The molecule has 1 aliphatic rings. The van der Waals surface area contributed by atoms with E-state index in [0.29, 0.717) is 0 Å². The largest absolute Gasteiger partial charge is 0.366 e. The third-order valence-electron chi connectivity index (χ3n) is 5.32. The lowest BCUT2D eigenvalue weighted by Gasteiger charge is -2.35. The first-order valence-corrected chi connectivity index (χ1v) is 9.89. The molecule has 0 atom stereocenters. The molecule has 2 aromatic carbocycles. The molecule has 1 fully saturated rings. The van der Waals surface area contributed by atoms with Crippen molar-refractivity contribution >= 4 is 11.6 Å². The second-order valence-corrected chi connectivity index (χ2v) is 7.29. The highest BCUT2D eigenvalue weighted by atomic mass is 15.3. The summed E-state index contributed by atoms with van der Waals surface area (Å²) >= 11 is 0. The molecule has 1 N–H and O–H groups in total. The van der Waals surface area contributed by atoms with Crippen LogP contribution in [-0.2, 0) is 13.1 Å². The van der Waals surface area contributed by atoms with Gasteiger partial charge in [0.2, 0.25) is 0 Å². The Bertz CT molecular complexity index is 888. The maximum absolute atomic E-state index is 4.50. The standard InChI is InChI=1S/C23H27N5/c1-19-7-5-6-10-21(19)16-24-22-15-23(26-18-25-22)28-13-11-27(12-14-28)17-20-8-3-2-4-9-20/h2-10,15,18H,11-14,16-17H2,1H3,(H,24,25,26). The third-order valence-corrected chi connectivity index (χ3v) is 5.32. The summed E-state index contributed by atoms with van der Waals surface area (Å²) in [5.74, 6) is 1.88. The van der Waals surface area contributed by atoms with E-state index in [2.05, 4.69) is 92.7 Å². The zero-order chi connectivity index (χ0) is 19.2. The van der Waals surface area contributed by atoms with Crippen molar-refractivity contribution in [3.8, 4) is 0 Å². The van der Waals surface area contributed by atoms with Crippen LogP contribution < -0.4 is 10.2 Å². The molecule has 28 heavy (non-hydrogen) atoms. The number of rotatable bonds is 6. The van der Waals surface area contributed by atoms with Crippen LogP contribution in [0, 0.1) is 6.92 Å². The molecular formula is C23H27N5. The molecule has 1 aromatic heterocycles. The SMILES string of the molecule is Cc1ccccc1CNc1cc(N2CCN(Cc3ccccc3)CC2)ncn1. The molecule has 0 radical (unpaired) electrons. The van der Waals surface area contributed by atoms with Gasteiger partial charge in [0.25, 0.3) is 0 Å². The van der Waals surface area contributed by atoms with Gasteiger partial charge in [-0.15, -0.1) is 0 Å². The van der Waals surface area contributed by atoms with Gasteiger partial charge >= 0.3 is 0 Å². The summed E-state index contributed by atoms with van der Waals surface area (Å²) in [4.78, 5) is 13.7. The molecule has 0 spiro atoms. The predicted octanol–water partition coefficient (Wildman–Crippen LogP) is 3.72.